The van der Waals surface area contributed by atoms with Crippen LogP contribution in [0, 0.1) is 10.1 Å². The van der Waals surface area contributed by atoms with E-state index in [-0.39, 0.29) is 10.7 Å². The van der Waals surface area contributed by atoms with E-state index < -0.39 is 4.92 Å². The molecule has 0 aliphatic rings. The highest BCUT2D eigenvalue weighted by atomic mass is 35.5. The molecular weight excluding hydrogens is 311 g/mol. The molecule has 0 radical (unpaired) electrons. The fourth-order valence-electron chi connectivity index (χ4n) is 2.08. The second-order valence-corrected chi connectivity index (χ2v) is 5.62. The highest BCUT2D eigenvalue weighted by Crippen LogP contribution is 2.26. The number of benzene rings is 2. The Bertz CT molecular complexity index is 662. The van der Waals surface area contributed by atoms with E-state index in [0.29, 0.717) is 18.1 Å². The molecule has 0 aliphatic heterocycles. The fraction of sp³-hybridized carbons (Fsp3) is 0.200. The zero-order valence-electron chi connectivity index (χ0n) is 11.4. The van der Waals surface area contributed by atoms with Crippen LogP contribution in [-0.4, -0.2) is 16.9 Å². The van der Waals surface area contributed by atoms with Gasteiger partial charge in [-0.25, -0.2) is 0 Å². The van der Waals surface area contributed by atoms with Gasteiger partial charge in [-0.2, -0.15) is 0 Å². The SMILES string of the molecule is CN(Cc1ccc(Cl)c([N+](=O)[O-])c1)Cc1ccccc1Cl. The summed E-state index contributed by atoms with van der Waals surface area (Å²) in [4.78, 5) is 12.4. The molecule has 0 unspecified atom stereocenters. The van der Waals surface area contributed by atoms with Crippen molar-refractivity contribution >= 4 is 28.9 Å². The van der Waals surface area contributed by atoms with E-state index in [0.717, 1.165) is 11.1 Å². The van der Waals surface area contributed by atoms with Gasteiger partial charge in [0.2, 0.25) is 0 Å². The first kappa shape index (κ1) is 15.8. The van der Waals surface area contributed by atoms with Gasteiger partial charge >= 0.3 is 0 Å². The molecule has 0 aromatic heterocycles. The number of nitro groups is 1. The second kappa shape index (κ2) is 6.89. The van der Waals surface area contributed by atoms with Gasteiger partial charge < -0.3 is 0 Å². The summed E-state index contributed by atoms with van der Waals surface area (Å²) in [5, 5.41) is 11.8. The maximum absolute atomic E-state index is 10.9. The van der Waals surface area contributed by atoms with Crippen LogP contribution in [0.5, 0.6) is 0 Å². The minimum atomic E-state index is -0.472. The first-order valence-corrected chi connectivity index (χ1v) is 7.07. The van der Waals surface area contributed by atoms with E-state index in [9.17, 15) is 10.1 Å². The van der Waals surface area contributed by atoms with E-state index >= 15 is 0 Å². The van der Waals surface area contributed by atoms with E-state index in [4.69, 9.17) is 23.2 Å². The van der Waals surface area contributed by atoms with Gasteiger partial charge in [0.15, 0.2) is 0 Å². The van der Waals surface area contributed by atoms with Gasteiger partial charge in [0.25, 0.3) is 5.69 Å². The van der Waals surface area contributed by atoms with Gasteiger partial charge in [0, 0.05) is 24.2 Å². The molecule has 6 heteroatoms. The molecule has 0 fully saturated rings. The van der Waals surface area contributed by atoms with E-state index in [1.807, 2.05) is 36.2 Å². The highest BCUT2D eigenvalue weighted by Gasteiger charge is 2.13. The number of hydrogen-bond acceptors (Lipinski definition) is 3. The molecule has 2 rings (SSSR count). The monoisotopic (exact) mass is 324 g/mol. The summed E-state index contributed by atoms with van der Waals surface area (Å²) in [5.74, 6) is 0. The molecule has 0 saturated carbocycles. The van der Waals surface area contributed by atoms with Crippen LogP contribution >= 0.6 is 23.2 Å². The Morgan fingerprint density at radius 2 is 1.81 bits per heavy atom. The first-order valence-electron chi connectivity index (χ1n) is 6.32. The minimum absolute atomic E-state index is 0.0692. The van der Waals surface area contributed by atoms with E-state index in [1.54, 1.807) is 12.1 Å². The summed E-state index contributed by atoms with van der Waals surface area (Å²) < 4.78 is 0. The standard InChI is InChI=1S/C15H14Cl2N2O2/c1-18(10-12-4-2-3-5-13(12)16)9-11-6-7-14(17)15(8-11)19(20)21/h2-8H,9-10H2,1H3. The lowest BCUT2D eigenvalue weighted by Crippen LogP contribution is -2.17. The Morgan fingerprint density at radius 3 is 2.48 bits per heavy atom. The van der Waals surface area contributed by atoms with Gasteiger partial charge in [-0.1, -0.05) is 47.5 Å². The number of nitrogens with zero attached hydrogens (tertiary/aromatic N) is 2. The molecule has 21 heavy (non-hydrogen) atoms. The summed E-state index contributed by atoms with van der Waals surface area (Å²) in [6, 6.07) is 12.5. The molecule has 0 spiro atoms. The summed E-state index contributed by atoms with van der Waals surface area (Å²) in [5.41, 5.74) is 1.78. The Labute approximate surface area is 133 Å². The van der Waals surface area contributed by atoms with Crippen LogP contribution in [0.2, 0.25) is 10.0 Å². The van der Waals surface area contributed by atoms with Crippen molar-refractivity contribution in [3.63, 3.8) is 0 Å². The molecule has 110 valence electrons. The zero-order valence-corrected chi connectivity index (χ0v) is 12.9. The number of nitro benzene ring substituents is 1. The summed E-state index contributed by atoms with van der Waals surface area (Å²) in [7, 11) is 1.93. The minimum Gasteiger partial charge on any atom is -0.298 e. The third kappa shape index (κ3) is 4.17. The average molecular weight is 325 g/mol. The topological polar surface area (TPSA) is 46.4 Å². The maximum atomic E-state index is 10.9. The van der Waals surface area contributed by atoms with Crippen LogP contribution in [0.15, 0.2) is 42.5 Å². The Hall–Kier alpha value is -1.62. The van der Waals surface area contributed by atoms with Crippen LogP contribution in [0.25, 0.3) is 0 Å². The van der Waals surface area contributed by atoms with Crippen molar-refractivity contribution in [1.82, 2.24) is 4.90 Å². The lowest BCUT2D eigenvalue weighted by atomic mass is 10.1. The molecule has 2 aromatic carbocycles. The van der Waals surface area contributed by atoms with Crippen molar-refractivity contribution in [2.75, 3.05) is 7.05 Å². The lowest BCUT2D eigenvalue weighted by molar-refractivity contribution is -0.384. The molecule has 0 aliphatic carbocycles. The molecule has 0 saturated heterocycles. The third-order valence-electron chi connectivity index (χ3n) is 3.06. The van der Waals surface area contributed by atoms with Crippen molar-refractivity contribution in [1.29, 1.82) is 0 Å². The van der Waals surface area contributed by atoms with Gasteiger partial charge in [0.1, 0.15) is 5.02 Å². The average Bonchev–Trinajstić information content (AvgIpc) is 2.43. The number of hydrogen-bond donors (Lipinski definition) is 0. The highest BCUT2D eigenvalue weighted by molar-refractivity contribution is 6.32. The predicted octanol–water partition coefficient (Wildman–Crippen LogP) is 4.53. The molecule has 0 amide bonds. The maximum Gasteiger partial charge on any atom is 0.288 e. The van der Waals surface area contributed by atoms with Gasteiger partial charge in [0.05, 0.1) is 4.92 Å². The van der Waals surface area contributed by atoms with Gasteiger partial charge in [-0.3, -0.25) is 15.0 Å². The number of rotatable bonds is 5. The zero-order chi connectivity index (χ0) is 15.4. The first-order chi connectivity index (χ1) is 9.97. The van der Waals surface area contributed by atoms with Gasteiger partial charge in [-0.05, 0) is 30.3 Å². The predicted molar refractivity (Wildman–Crippen MR) is 84.7 cm³/mol. The Balaban J connectivity index is 2.09. The molecule has 0 N–H and O–H groups in total. The summed E-state index contributed by atoms with van der Waals surface area (Å²) >= 11 is 11.9. The Morgan fingerprint density at radius 1 is 1.10 bits per heavy atom. The molecular formula is C15H14Cl2N2O2. The van der Waals surface area contributed by atoms with E-state index in [2.05, 4.69) is 0 Å². The van der Waals surface area contributed by atoms with Crippen LogP contribution in [0.1, 0.15) is 11.1 Å². The summed E-state index contributed by atoms with van der Waals surface area (Å²) in [6.07, 6.45) is 0. The largest absolute Gasteiger partial charge is 0.298 e. The van der Waals surface area contributed by atoms with Crippen molar-refractivity contribution in [2.24, 2.45) is 0 Å². The third-order valence-corrected chi connectivity index (χ3v) is 3.75. The molecule has 0 heterocycles. The molecule has 4 nitrogen and oxygen atoms in total. The number of halogens is 2. The fourth-order valence-corrected chi connectivity index (χ4v) is 2.46. The van der Waals surface area contributed by atoms with Crippen molar-refractivity contribution in [3.05, 3.63) is 73.8 Å². The quantitative estimate of drug-likeness (QED) is 0.599. The van der Waals surface area contributed by atoms with Crippen LogP contribution in [-0.2, 0) is 13.1 Å². The Kier molecular flexibility index (Phi) is 5.17. The molecule has 0 atom stereocenters. The van der Waals surface area contributed by atoms with Crippen LogP contribution < -0.4 is 0 Å². The second-order valence-electron chi connectivity index (χ2n) is 4.81. The molecule has 0 bridgehead atoms. The molecule has 2 aromatic rings. The summed E-state index contributed by atoms with van der Waals surface area (Å²) in [6.45, 7) is 1.24. The smallest absolute Gasteiger partial charge is 0.288 e. The van der Waals surface area contributed by atoms with Crippen molar-refractivity contribution in [3.8, 4) is 0 Å². The van der Waals surface area contributed by atoms with Crippen molar-refractivity contribution in [2.45, 2.75) is 13.1 Å². The normalized spacial score (nSPS) is 10.9. The van der Waals surface area contributed by atoms with E-state index in [1.165, 1.54) is 6.07 Å². The van der Waals surface area contributed by atoms with Crippen LogP contribution in [0.3, 0.4) is 0 Å². The van der Waals surface area contributed by atoms with Crippen molar-refractivity contribution < 1.29 is 4.92 Å². The lowest BCUT2D eigenvalue weighted by Gasteiger charge is -2.17. The van der Waals surface area contributed by atoms with Crippen LogP contribution in [0.4, 0.5) is 5.69 Å². The van der Waals surface area contributed by atoms with Gasteiger partial charge in [-0.15, -0.1) is 0 Å².